The summed E-state index contributed by atoms with van der Waals surface area (Å²) in [6, 6.07) is 16.1. The Balaban J connectivity index is 1.91. The monoisotopic (exact) mass is 398 g/mol. The van der Waals surface area contributed by atoms with E-state index in [0.717, 1.165) is 11.1 Å². The number of carbonyl (C=O) groups excluding carboxylic acids is 2. The molecule has 1 unspecified atom stereocenters. The number of Topliss-reactive ketones (excluding diaryl/α,β-unsaturated/α-hetero) is 1. The van der Waals surface area contributed by atoms with Gasteiger partial charge in [0.15, 0.2) is 0 Å². The number of ketones is 1. The van der Waals surface area contributed by atoms with Crippen LogP contribution in [-0.2, 0) is 9.59 Å². The third kappa shape index (κ3) is 3.07. The van der Waals surface area contributed by atoms with Crippen molar-refractivity contribution in [1.29, 1.82) is 5.26 Å². The van der Waals surface area contributed by atoms with Crippen LogP contribution in [-0.4, -0.2) is 16.8 Å². The Morgan fingerprint density at radius 2 is 1.80 bits per heavy atom. The van der Waals surface area contributed by atoms with Gasteiger partial charge in [0.25, 0.3) is 11.7 Å². The first-order valence-corrected chi connectivity index (χ1v) is 9.34. The van der Waals surface area contributed by atoms with E-state index in [9.17, 15) is 14.7 Å². The second-order valence-corrected chi connectivity index (χ2v) is 7.14. The molecule has 1 aliphatic rings. The SMILES string of the molecule is Cc1ccc(/C(O)=C2/C(=O)C(=O)N(c3ccc(C#N)cc3)C2c2ccco2)cc1C. The molecule has 0 saturated carbocycles. The van der Waals surface area contributed by atoms with Gasteiger partial charge in [-0.1, -0.05) is 12.1 Å². The van der Waals surface area contributed by atoms with Crippen LogP contribution in [0.2, 0.25) is 0 Å². The van der Waals surface area contributed by atoms with Crippen LogP contribution in [0.1, 0.15) is 34.1 Å². The molecule has 0 bridgehead atoms. The van der Waals surface area contributed by atoms with Crippen molar-refractivity contribution < 1.29 is 19.1 Å². The summed E-state index contributed by atoms with van der Waals surface area (Å²) in [7, 11) is 0. The average molecular weight is 398 g/mol. The molecule has 1 saturated heterocycles. The Kier molecular flexibility index (Phi) is 4.72. The van der Waals surface area contributed by atoms with E-state index in [0.29, 0.717) is 22.6 Å². The first-order chi connectivity index (χ1) is 14.4. The lowest BCUT2D eigenvalue weighted by atomic mass is 9.97. The van der Waals surface area contributed by atoms with Crippen molar-refractivity contribution in [2.24, 2.45) is 0 Å². The van der Waals surface area contributed by atoms with Crippen LogP contribution in [0.3, 0.4) is 0 Å². The molecule has 1 atom stereocenters. The molecule has 0 spiro atoms. The number of aliphatic hydroxyl groups excluding tert-OH is 1. The van der Waals surface area contributed by atoms with E-state index in [4.69, 9.17) is 9.68 Å². The molecule has 1 aromatic heterocycles. The van der Waals surface area contributed by atoms with E-state index in [2.05, 4.69) is 0 Å². The zero-order valence-corrected chi connectivity index (χ0v) is 16.4. The molecular weight excluding hydrogens is 380 g/mol. The fourth-order valence-electron chi connectivity index (χ4n) is 3.56. The lowest BCUT2D eigenvalue weighted by Crippen LogP contribution is -2.29. The van der Waals surface area contributed by atoms with Crippen molar-refractivity contribution in [2.45, 2.75) is 19.9 Å². The van der Waals surface area contributed by atoms with Crippen molar-refractivity contribution >= 4 is 23.1 Å². The second kappa shape index (κ2) is 7.37. The Hall–Kier alpha value is -4.11. The van der Waals surface area contributed by atoms with Crippen LogP contribution in [0.25, 0.3) is 5.76 Å². The van der Waals surface area contributed by atoms with Gasteiger partial charge in [-0.15, -0.1) is 0 Å². The molecule has 30 heavy (non-hydrogen) atoms. The van der Waals surface area contributed by atoms with E-state index in [1.54, 1.807) is 48.5 Å². The zero-order chi connectivity index (χ0) is 21.4. The van der Waals surface area contributed by atoms with E-state index in [1.165, 1.54) is 11.2 Å². The van der Waals surface area contributed by atoms with Crippen LogP contribution in [0.4, 0.5) is 5.69 Å². The van der Waals surface area contributed by atoms with Crippen LogP contribution in [0.5, 0.6) is 0 Å². The van der Waals surface area contributed by atoms with Crippen molar-refractivity contribution in [3.05, 3.63) is 94.4 Å². The molecule has 3 aromatic rings. The Morgan fingerprint density at radius 1 is 1.07 bits per heavy atom. The highest BCUT2D eigenvalue weighted by atomic mass is 16.3. The number of anilines is 1. The molecule has 148 valence electrons. The number of amides is 1. The number of nitrogens with zero attached hydrogens (tertiary/aromatic N) is 2. The maximum absolute atomic E-state index is 13.0. The van der Waals surface area contributed by atoms with Gasteiger partial charge in [-0.3, -0.25) is 14.5 Å². The predicted molar refractivity (Wildman–Crippen MR) is 111 cm³/mol. The summed E-state index contributed by atoms with van der Waals surface area (Å²) in [4.78, 5) is 27.2. The highest BCUT2D eigenvalue weighted by Gasteiger charge is 2.48. The van der Waals surface area contributed by atoms with Crippen LogP contribution < -0.4 is 4.90 Å². The largest absolute Gasteiger partial charge is 0.507 e. The predicted octanol–water partition coefficient (Wildman–Crippen LogP) is 4.39. The second-order valence-electron chi connectivity index (χ2n) is 7.14. The number of aliphatic hydroxyl groups is 1. The van der Waals surface area contributed by atoms with Gasteiger partial charge in [-0.2, -0.15) is 5.26 Å². The average Bonchev–Trinajstić information content (AvgIpc) is 3.37. The maximum atomic E-state index is 13.0. The third-order valence-electron chi connectivity index (χ3n) is 5.31. The molecule has 2 aromatic carbocycles. The standard InChI is InChI=1S/C24H18N2O4/c1-14-5-8-17(12-15(14)2)22(27)20-21(19-4-3-11-30-19)26(24(29)23(20)28)18-9-6-16(13-25)7-10-18/h3-12,21,27H,1-2H3/b22-20-. The molecule has 6 heteroatoms. The molecule has 6 nitrogen and oxygen atoms in total. The van der Waals surface area contributed by atoms with Crippen LogP contribution in [0.15, 0.2) is 70.9 Å². The fraction of sp³-hybridized carbons (Fsp3) is 0.125. The summed E-state index contributed by atoms with van der Waals surface area (Å²) in [6.45, 7) is 3.86. The van der Waals surface area contributed by atoms with Gasteiger partial charge in [0.2, 0.25) is 0 Å². The molecule has 0 aliphatic carbocycles. The van der Waals surface area contributed by atoms with Crippen LogP contribution in [0, 0.1) is 25.2 Å². The molecule has 1 amide bonds. The van der Waals surface area contributed by atoms with Gasteiger partial charge in [-0.25, -0.2) is 0 Å². The molecule has 1 N–H and O–H groups in total. The normalized spacial score (nSPS) is 17.9. The number of carbonyl (C=O) groups is 2. The lowest BCUT2D eigenvalue weighted by molar-refractivity contribution is -0.132. The Morgan fingerprint density at radius 3 is 2.40 bits per heavy atom. The van der Waals surface area contributed by atoms with E-state index >= 15 is 0 Å². The van der Waals surface area contributed by atoms with Crippen LogP contribution >= 0.6 is 0 Å². The summed E-state index contributed by atoms with van der Waals surface area (Å²) in [6.07, 6.45) is 1.45. The first kappa shape index (κ1) is 19.2. The number of rotatable bonds is 3. The number of hydrogen-bond donors (Lipinski definition) is 1. The lowest BCUT2D eigenvalue weighted by Gasteiger charge is -2.23. The fourth-order valence-corrected chi connectivity index (χ4v) is 3.56. The number of furan rings is 1. The minimum atomic E-state index is -0.922. The first-order valence-electron chi connectivity index (χ1n) is 9.34. The Bertz CT molecular complexity index is 1220. The molecule has 2 heterocycles. The summed E-state index contributed by atoms with van der Waals surface area (Å²) in [5, 5.41) is 20.1. The highest BCUT2D eigenvalue weighted by molar-refractivity contribution is 6.51. The van der Waals surface area contributed by atoms with E-state index < -0.39 is 17.7 Å². The Labute approximate surface area is 173 Å². The summed E-state index contributed by atoms with van der Waals surface area (Å²) in [5.41, 5.74) is 3.27. The van der Waals surface area contributed by atoms with E-state index in [1.807, 2.05) is 26.0 Å². The number of benzene rings is 2. The number of hydrogen-bond acceptors (Lipinski definition) is 5. The van der Waals surface area contributed by atoms with Gasteiger partial charge in [-0.05, 0) is 67.4 Å². The smallest absolute Gasteiger partial charge is 0.300 e. The maximum Gasteiger partial charge on any atom is 0.300 e. The molecule has 4 rings (SSSR count). The minimum Gasteiger partial charge on any atom is -0.507 e. The third-order valence-corrected chi connectivity index (χ3v) is 5.31. The molecule has 1 fully saturated rings. The molecular formula is C24H18N2O4. The van der Waals surface area contributed by atoms with Crippen molar-refractivity contribution in [1.82, 2.24) is 0 Å². The van der Waals surface area contributed by atoms with Gasteiger partial charge in [0.1, 0.15) is 17.6 Å². The van der Waals surface area contributed by atoms with Crippen molar-refractivity contribution in [3.63, 3.8) is 0 Å². The number of nitriles is 1. The zero-order valence-electron chi connectivity index (χ0n) is 16.4. The topological polar surface area (TPSA) is 94.5 Å². The van der Waals surface area contributed by atoms with Crippen molar-refractivity contribution in [3.8, 4) is 6.07 Å². The van der Waals surface area contributed by atoms with Gasteiger partial charge >= 0.3 is 0 Å². The quantitative estimate of drug-likeness (QED) is 0.401. The van der Waals surface area contributed by atoms with Gasteiger partial charge in [0, 0.05) is 11.3 Å². The summed E-state index contributed by atoms with van der Waals surface area (Å²) in [5.74, 6) is -1.47. The highest BCUT2D eigenvalue weighted by Crippen LogP contribution is 2.42. The number of aryl methyl sites for hydroxylation is 2. The van der Waals surface area contributed by atoms with Crippen molar-refractivity contribution in [2.75, 3.05) is 4.90 Å². The summed E-state index contributed by atoms with van der Waals surface area (Å²) >= 11 is 0. The minimum absolute atomic E-state index is 0.0393. The van der Waals surface area contributed by atoms with Gasteiger partial charge in [0.05, 0.1) is 23.5 Å². The van der Waals surface area contributed by atoms with Gasteiger partial charge < -0.3 is 9.52 Å². The van der Waals surface area contributed by atoms with E-state index in [-0.39, 0.29) is 11.3 Å². The molecule has 0 radical (unpaired) electrons. The summed E-state index contributed by atoms with van der Waals surface area (Å²) < 4.78 is 5.53. The molecule has 1 aliphatic heterocycles.